The second-order valence-electron chi connectivity index (χ2n) is 7.97. The summed E-state index contributed by atoms with van der Waals surface area (Å²) in [6.45, 7) is 10.4. The number of alkyl carbamates (subject to hydrolysis) is 1. The highest BCUT2D eigenvalue weighted by atomic mass is 28.4. The summed E-state index contributed by atoms with van der Waals surface area (Å²) >= 11 is 0. The molecule has 1 amide bonds. The van der Waals surface area contributed by atoms with E-state index in [4.69, 9.17) is 13.9 Å². The largest absolute Gasteiger partial charge is 0.481 e. The first kappa shape index (κ1) is 21.5. The van der Waals surface area contributed by atoms with Crippen LogP contribution in [0.15, 0.2) is 12.1 Å². The van der Waals surface area contributed by atoms with Gasteiger partial charge in [-0.1, -0.05) is 20.8 Å². The molecule has 6 nitrogen and oxygen atoms in total. The van der Waals surface area contributed by atoms with E-state index in [-0.39, 0.29) is 23.2 Å². The Morgan fingerprint density at radius 1 is 1.26 bits per heavy atom. The van der Waals surface area contributed by atoms with Crippen LogP contribution in [0, 0.1) is 0 Å². The summed E-state index contributed by atoms with van der Waals surface area (Å²) in [7, 11) is -0.890. The van der Waals surface area contributed by atoms with Crippen molar-refractivity contribution in [2.24, 2.45) is 0 Å². The van der Waals surface area contributed by atoms with E-state index >= 15 is 0 Å². The van der Waals surface area contributed by atoms with Gasteiger partial charge in [0.2, 0.25) is 5.88 Å². The molecule has 27 heavy (non-hydrogen) atoms. The van der Waals surface area contributed by atoms with Crippen LogP contribution in [0.1, 0.15) is 38.1 Å². The van der Waals surface area contributed by atoms with Gasteiger partial charge in [-0.05, 0) is 24.2 Å². The van der Waals surface area contributed by atoms with E-state index in [0.717, 1.165) is 12.1 Å². The lowest BCUT2D eigenvalue weighted by atomic mass is 10.1. The Bertz CT molecular complexity index is 704. The molecular weight excluding hydrogens is 381 g/mol. The van der Waals surface area contributed by atoms with Crippen molar-refractivity contribution < 1.29 is 31.9 Å². The molecule has 1 aromatic heterocycles. The van der Waals surface area contributed by atoms with Gasteiger partial charge in [0.15, 0.2) is 14.4 Å². The monoisotopic (exact) mass is 406 g/mol. The SMILES string of the molecule is COc1cc(C(F)(F)F)cc([C@H]2OC(=O)N[C@H]2CO[Si](C)(C)C(C)(C)C)n1. The van der Waals surface area contributed by atoms with Crippen molar-refractivity contribution in [3.63, 3.8) is 0 Å². The predicted octanol–water partition coefficient (Wildman–Crippen LogP) is 4.28. The molecule has 1 N–H and O–H groups in total. The first-order valence-corrected chi connectivity index (χ1v) is 11.4. The van der Waals surface area contributed by atoms with E-state index in [0.29, 0.717) is 0 Å². The molecule has 0 unspecified atom stereocenters. The lowest BCUT2D eigenvalue weighted by molar-refractivity contribution is -0.137. The summed E-state index contributed by atoms with van der Waals surface area (Å²) < 4.78 is 55.6. The maximum Gasteiger partial charge on any atom is 0.416 e. The number of nitrogens with one attached hydrogen (secondary N) is 1. The van der Waals surface area contributed by atoms with Crippen LogP contribution in [-0.4, -0.2) is 39.2 Å². The van der Waals surface area contributed by atoms with Gasteiger partial charge in [0.05, 0.1) is 31.0 Å². The van der Waals surface area contributed by atoms with Crippen molar-refractivity contribution in [1.29, 1.82) is 0 Å². The van der Waals surface area contributed by atoms with Crippen LogP contribution in [0.3, 0.4) is 0 Å². The molecular formula is C17H25F3N2O4Si. The van der Waals surface area contributed by atoms with Gasteiger partial charge in [-0.2, -0.15) is 13.2 Å². The molecule has 0 radical (unpaired) electrons. The summed E-state index contributed by atoms with van der Waals surface area (Å²) in [6.07, 6.45) is -6.30. The summed E-state index contributed by atoms with van der Waals surface area (Å²) in [5.41, 5.74) is -0.958. The van der Waals surface area contributed by atoms with Gasteiger partial charge < -0.3 is 19.2 Å². The van der Waals surface area contributed by atoms with Crippen LogP contribution in [0.5, 0.6) is 5.88 Å². The Kier molecular flexibility index (Phi) is 5.81. The maximum atomic E-state index is 13.2. The standard InChI is InChI=1S/C17H25F3N2O4Si/c1-16(2,3)27(5,6)25-9-12-14(26-15(23)22-12)11-7-10(17(18,19)20)8-13(21-11)24-4/h7-8,12,14H,9H2,1-6H3,(H,22,23)/t12-,14+/m0/s1. The van der Waals surface area contributed by atoms with Gasteiger partial charge in [-0.3, -0.25) is 0 Å². The highest BCUT2D eigenvalue weighted by molar-refractivity contribution is 6.74. The van der Waals surface area contributed by atoms with Crippen molar-refractivity contribution in [1.82, 2.24) is 10.3 Å². The summed E-state index contributed by atoms with van der Waals surface area (Å²) in [5.74, 6) is -0.202. The van der Waals surface area contributed by atoms with Crippen molar-refractivity contribution in [2.45, 2.75) is 57.2 Å². The minimum atomic E-state index is -4.58. The minimum absolute atomic E-state index is 0.0381. The number of methoxy groups -OCH3 is 1. The fraction of sp³-hybridized carbons (Fsp3) is 0.647. The quantitative estimate of drug-likeness (QED) is 0.739. The number of nitrogens with zero attached hydrogens (tertiary/aromatic N) is 1. The molecule has 0 bridgehead atoms. The Labute approximate surface area is 157 Å². The number of carbonyl (C=O) groups excluding carboxylic acids is 1. The Morgan fingerprint density at radius 2 is 1.89 bits per heavy atom. The molecule has 2 rings (SSSR count). The van der Waals surface area contributed by atoms with Crippen LogP contribution in [-0.2, 0) is 15.3 Å². The number of alkyl halides is 3. The fourth-order valence-corrected chi connectivity index (χ4v) is 3.34. The fourth-order valence-electron chi connectivity index (χ4n) is 2.31. The first-order valence-electron chi connectivity index (χ1n) is 8.49. The van der Waals surface area contributed by atoms with E-state index in [2.05, 4.69) is 31.1 Å². The molecule has 1 saturated heterocycles. The van der Waals surface area contributed by atoms with Crippen LogP contribution < -0.4 is 10.1 Å². The lowest BCUT2D eigenvalue weighted by Crippen LogP contribution is -2.45. The van der Waals surface area contributed by atoms with Crippen molar-refractivity contribution in [3.05, 3.63) is 23.4 Å². The molecule has 0 spiro atoms. The normalized spacial score (nSPS) is 21.0. The molecule has 2 heterocycles. The second kappa shape index (κ2) is 7.31. The van der Waals surface area contributed by atoms with Crippen LogP contribution in [0.2, 0.25) is 18.1 Å². The summed E-state index contributed by atoms with van der Waals surface area (Å²) in [6, 6.07) is 1.02. The molecule has 0 aliphatic carbocycles. The number of pyridine rings is 1. The highest BCUT2D eigenvalue weighted by Gasteiger charge is 2.42. The van der Waals surface area contributed by atoms with Crippen molar-refractivity contribution in [2.75, 3.05) is 13.7 Å². The number of hydrogen-bond acceptors (Lipinski definition) is 5. The van der Waals surface area contributed by atoms with Crippen molar-refractivity contribution >= 4 is 14.4 Å². The number of rotatable bonds is 5. The van der Waals surface area contributed by atoms with Crippen molar-refractivity contribution in [3.8, 4) is 5.88 Å². The average Bonchev–Trinajstić information content (AvgIpc) is 2.91. The van der Waals surface area contributed by atoms with Crippen LogP contribution >= 0.6 is 0 Å². The van der Waals surface area contributed by atoms with Crippen LogP contribution in [0.25, 0.3) is 0 Å². The third kappa shape index (κ3) is 4.92. The molecule has 152 valence electrons. The number of aromatic nitrogens is 1. The van der Waals surface area contributed by atoms with Gasteiger partial charge >= 0.3 is 12.3 Å². The molecule has 2 atom stereocenters. The Hall–Kier alpha value is -1.81. The van der Waals surface area contributed by atoms with Gasteiger partial charge in [0.25, 0.3) is 0 Å². The molecule has 0 aromatic carbocycles. The predicted molar refractivity (Wildman–Crippen MR) is 95.1 cm³/mol. The zero-order chi connectivity index (χ0) is 20.6. The van der Waals surface area contributed by atoms with Gasteiger partial charge in [0, 0.05) is 6.07 Å². The average molecular weight is 406 g/mol. The number of halogens is 3. The smallest absolute Gasteiger partial charge is 0.416 e. The zero-order valence-corrected chi connectivity index (χ0v) is 17.2. The minimum Gasteiger partial charge on any atom is -0.481 e. The molecule has 1 aromatic rings. The number of amides is 1. The molecule has 1 aliphatic rings. The third-order valence-electron chi connectivity index (χ3n) is 4.98. The van der Waals surface area contributed by atoms with E-state index in [1.165, 1.54) is 7.11 Å². The Morgan fingerprint density at radius 3 is 2.41 bits per heavy atom. The number of ether oxygens (including phenoxy) is 2. The zero-order valence-electron chi connectivity index (χ0n) is 16.2. The molecule has 1 fully saturated rings. The van der Waals surface area contributed by atoms with Crippen LogP contribution in [0.4, 0.5) is 18.0 Å². The highest BCUT2D eigenvalue weighted by Crippen LogP contribution is 2.38. The Balaban J connectivity index is 2.29. The van der Waals surface area contributed by atoms with E-state index in [1.807, 2.05) is 13.1 Å². The maximum absolute atomic E-state index is 13.2. The molecule has 10 heteroatoms. The first-order chi connectivity index (χ1) is 12.2. The lowest BCUT2D eigenvalue weighted by Gasteiger charge is -2.37. The molecule has 0 saturated carbocycles. The third-order valence-corrected chi connectivity index (χ3v) is 9.48. The number of carbonyl (C=O) groups is 1. The summed E-state index contributed by atoms with van der Waals surface area (Å²) in [5, 5.41) is 2.54. The van der Waals surface area contributed by atoms with E-state index in [1.54, 1.807) is 0 Å². The second-order valence-corrected chi connectivity index (χ2v) is 12.8. The molecule has 1 aliphatic heterocycles. The van der Waals surface area contributed by atoms with Gasteiger partial charge in [0.1, 0.15) is 0 Å². The summed E-state index contributed by atoms with van der Waals surface area (Å²) in [4.78, 5) is 15.8. The number of hydrogen-bond donors (Lipinski definition) is 1. The van der Waals surface area contributed by atoms with E-state index < -0.39 is 38.3 Å². The topological polar surface area (TPSA) is 69.7 Å². The van der Waals surface area contributed by atoms with E-state index in [9.17, 15) is 18.0 Å². The number of cyclic esters (lactones) is 1. The van der Waals surface area contributed by atoms with Gasteiger partial charge in [-0.25, -0.2) is 9.78 Å². The van der Waals surface area contributed by atoms with Gasteiger partial charge in [-0.15, -0.1) is 0 Å².